The lowest BCUT2D eigenvalue weighted by Crippen LogP contribution is -2.33. The van der Waals surface area contributed by atoms with E-state index in [0.717, 1.165) is 12.2 Å². The van der Waals surface area contributed by atoms with Crippen LogP contribution in [0.1, 0.15) is 30.6 Å². The first-order valence-electron chi connectivity index (χ1n) is 5.96. The van der Waals surface area contributed by atoms with Gasteiger partial charge in [0.2, 0.25) is 5.91 Å². The van der Waals surface area contributed by atoms with Crippen LogP contribution in [0.4, 0.5) is 11.4 Å². The molecule has 1 aliphatic heterocycles. The molecule has 1 amide bonds. The number of carboxylic acid groups (broad SMARTS) is 1. The van der Waals surface area contributed by atoms with Crippen LogP contribution < -0.4 is 10.2 Å². The number of amides is 1. The molecule has 0 bridgehead atoms. The average molecular weight is 248 g/mol. The summed E-state index contributed by atoms with van der Waals surface area (Å²) in [6.45, 7) is 4.68. The maximum absolute atomic E-state index is 11.7. The summed E-state index contributed by atoms with van der Waals surface area (Å²) >= 11 is 0. The van der Waals surface area contributed by atoms with Crippen molar-refractivity contribution in [3.63, 3.8) is 0 Å². The quantitative estimate of drug-likeness (QED) is 0.839. The van der Waals surface area contributed by atoms with E-state index in [0.29, 0.717) is 12.1 Å². The van der Waals surface area contributed by atoms with Crippen molar-refractivity contribution < 1.29 is 14.7 Å². The van der Waals surface area contributed by atoms with Gasteiger partial charge in [-0.2, -0.15) is 0 Å². The van der Waals surface area contributed by atoms with E-state index in [9.17, 15) is 9.59 Å². The number of nitrogens with zero attached hydrogens (tertiary/aromatic N) is 1. The molecule has 18 heavy (non-hydrogen) atoms. The largest absolute Gasteiger partial charge is 0.478 e. The molecule has 1 aliphatic rings. The predicted octanol–water partition coefficient (Wildman–Crippen LogP) is 1.94. The molecular formula is C13H16N2O3. The Bertz CT molecular complexity index is 499. The van der Waals surface area contributed by atoms with Crippen molar-refractivity contribution in [2.75, 3.05) is 16.8 Å². The SMILES string of the molecule is CCN1c2cc(C(=O)O)ccc2NC(=O)CC1C. The number of hydrogen-bond acceptors (Lipinski definition) is 3. The maximum atomic E-state index is 11.7. The monoisotopic (exact) mass is 248 g/mol. The van der Waals surface area contributed by atoms with Gasteiger partial charge >= 0.3 is 5.97 Å². The van der Waals surface area contributed by atoms with Crippen LogP contribution in [-0.2, 0) is 4.79 Å². The zero-order valence-corrected chi connectivity index (χ0v) is 10.4. The van der Waals surface area contributed by atoms with Crippen LogP contribution in [0.5, 0.6) is 0 Å². The number of hydrogen-bond donors (Lipinski definition) is 2. The lowest BCUT2D eigenvalue weighted by molar-refractivity contribution is -0.116. The lowest BCUT2D eigenvalue weighted by atomic mass is 10.1. The highest BCUT2D eigenvalue weighted by Gasteiger charge is 2.24. The Morgan fingerprint density at radius 1 is 1.56 bits per heavy atom. The Morgan fingerprint density at radius 2 is 2.28 bits per heavy atom. The van der Waals surface area contributed by atoms with Crippen molar-refractivity contribution in [1.29, 1.82) is 0 Å². The molecule has 1 unspecified atom stereocenters. The molecule has 1 heterocycles. The van der Waals surface area contributed by atoms with Gasteiger partial charge in [-0.25, -0.2) is 4.79 Å². The van der Waals surface area contributed by atoms with Gasteiger partial charge in [-0.3, -0.25) is 4.79 Å². The molecule has 96 valence electrons. The summed E-state index contributed by atoms with van der Waals surface area (Å²) in [4.78, 5) is 24.7. The molecule has 0 saturated carbocycles. The van der Waals surface area contributed by atoms with E-state index < -0.39 is 5.97 Å². The molecule has 5 heteroatoms. The molecule has 2 rings (SSSR count). The Kier molecular flexibility index (Phi) is 3.23. The van der Waals surface area contributed by atoms with Gasteiger partial charge in [0.15, 0.2) is 0 Å². The van der Waals surface area contributed by atoms with Gasteiger partial charge in [0.05, 0.1) is 16.9 Å². The van der Waals surface area contributed by atoms with Crippen LogP contribution in [0.15, 0.2) is 18.2 Å². The molecule has 5 nitrogen and oxygen atoms in total. The summed E-state index contributed by atoms with van der Waals surface area (Å²) in [6.07, 6.45) is 0.408. The van der Waals surface area contributed by atoms with E-state index in [-0.39, 0.29) is 17.5 Å². The topological polar surface area (TPSA) is 69.6 Å². The van der Waals surface area contributed by atoms with E-state index in [4.69, 9.17) is 5.11 Å². The van der Waals surface area contributed by atoms with Crippen molar-refractivity contribution in [2.24, 2.45) is 0 Å². The van der Waals surface area contributed by atoms with E-state index in [1.54, 1.807) is 12.1 Å². The third-order valence-corrected chi connectivity index (χ3v) is 3.18. The summed E-state index contributed by atoms with van der Waals surface area (Å²) in [5, 5.41) is 11.8. The molecule has 1 atom stereocenters. The van der Waals surface area contributed by atoms with Crippen LogP contribution in [0.2, 0.25) is 0 Å². The molecule has 0 spiro atoms. The fourth-order valence-corrected chi connectivity index (χ4v) is 2.31. The summed E-state index contributed by atoms with van der Waals surface area (Å²) in [7, 11) is 0. The number of carboxylic acids is 1. The fourth-order valence-electron chi connectivity index (χ4n) is 2.31. The Morgan fingerprint density at radius 3 is 2.89 bits per heavy atom. The minimum Gasteiger partial charge on any atom is -0.478 e. The Balaban J connectivity index is 2.53. The lowest BCUT2D eigenvalue weighted by Gasteiger charge is -2.28. The second kappa shape index (κ2) is 4.68. The van der Waals surface area contributed by atoms with Crippen LogP contribution >= 0.6 is 0 Å². The summed E-state index contributed by atoms with van der Waals surface area (Å²) in [6, 6.07) is 4.83. The molecule has 1 aromatic rings. The van der Waals surface area contributed by atoms with E-state index in [1.165, 1.54) is 6.07 Å². The van der Waals surface area contributed by atoms with E-state index in [1.807, 2.05) is 18.7 Å². The number of aromatic carboxylic acids is 1. The van der Waals surface area contributed by atoms with Crippen molar-refractivity contribution in [2.45, 2.75) is 26.3 Å². The molecule has 0 radical (unpaired) electrons. The second-order valence-electron chi connectivity index (χ2n) is 4.42. The number of benzene rings is 1. The van der Waals surface area contributed by atoms with Gasteiger partial charge < -0.3 is 15.3 Å². The third-order valence-electron chi connectivity index (χ3n) is 3.18. The first-order chi connectivity index (χ1) is 8.52. The van der Waals surface area contributed by atoms with Crippen LogP contribution in [0, 0.1) is 0 Å². The Labute approximate surface area is 105 Å². The maximum Gasteiger partial charge on any atom is 0.335 e. The molecule has 0 fully saturated rings. The van der Waals surface area contributed by atoms with Crippen LogP contribution in [0.25, 0.3) is 0 Å². The predicted molar refractivity (Wildman–Crippen MR) is 69.1 cm³/mol. The second-order valence-corrected chi connectivity index (χ2v) is 4.42. The van der Waals surface area contributed by atoms with Gasteiger partial charge in [-0.15, -0.1) is 0 Å². The highest BCUT2D eigenvalue weighted by molar-refractivity contribution is 5.99. The number of anilines is 2. The normalized spacial score (nSPS) is 18.9. The number of rotatable bonds is 2. The smallest absolute Gasteiger partial charge is 0.335 e. The number of carbonyl (C=O) groups is 2. The number of fused-ring (bicyclic) bond motifs is 1. The molecule has 1 aromatic carbocycles. The van der Waals surface area contributed by atoms with Crippen molar-refractivity contribution in [3.05, 3.63) is 23.8 Å². The molecule has 2 N–H and O–H groups in total. The molecular weight excluding hydrogens is 232 g/mol. The molecule has 0 aromatic heterocycles. The third kappa shape index (κ3) is 2.16. The van der Waals surface area contributed by atoms with Crippen LogP contribution in [0.3, 0.4) is 0 Å². The van der Waals surface area contributed by atoms with Gasteiger partial charge in [-0.1, -0.05) is 0 Å². The van der Waals surface area contributed by atoms with Gasteiger partial charge in [0, 0.05) is 19.0 Å². The summed E-state index contributed by atoms with van der Waals surface area (Å²) in [5.41, 5.74) is 1.68. The summed E-state index contributed by atoms with van der Waals surface area (Å²) in [5.74, 6) is -1.00. The van der Waals surface area contributed by atoms with Gasteiger partial charge in [-0.05, 0) is 32.0 Å². The van der Waals surface area contributed by atoms with Gasteiger partial charge in [0.1, 0.15) is 0 Å². The minimum absolute atomic E-state index is 0.0391. The average Bonchev–Trinajstić information content (AvgIpc) is 2.42. The highest BCUT2D eigenvalue weighted by atomic mass is 16.4. The first-order valence-corrected chi connectivity index (χ1v) is 5.96. The fraction of sp³-hybridized carbons (Fsp3) is 0.385. The van der Waals surface area contributed by atoms with Crippen molar-refractivity contribution >= 4 is 23.3 Å². The number of carbonyl (C=O) groups excluding carboxylic acids is 1. The zero-order valence-electron chi connectivity index (χ0n) is 10.4. The van der Waals surface area contributed by atoms with Crippen molar-refractivity contribution in [1.82, 2.24) is 0 Å². The molecule has 0 saturated heterocycles. The van der Waals surface area contributed by atoms with E-state index >= 15 is 0 Å². The molecule has 0 aliphatic carbocycles. The number of nitrogens with one attached hydrogen (secondary N) is 1. The first kappa shape index (κ1) is 12.4. The standard InChI is InChI=1S/C13H16N2O3/c1-3-15-8(2)6-12(16)14-10-5-4-9(13(17)18)7-11(10)15/h4-5,7-8H,3,6H2,1-2H3,(H,14,16)(H,17,18). The Hall–Kier alpha value is -2.04. The van der Waals surface area contributed by atoms with Crippen LogP contribution in [-0.4, -0.2) is 29.6 Å². The minimum atomic E-state index is -0.961. The summed E-state index contributed by atoms with van der Waals surface area (Å²) < 4.78 is 0. The van der Waals surface area contributed by atoms with Gasteiger partial charge in [0.25, 0.3) is 0 Å². The van der Waals surface area contributed by atoms with E-state index in [2.05, 4.69) is 5.32 Å². The zero-order chi connectivity index (χ0) is 13.3. The van der Waals surface area contributed by atoms with Crippen molar-refractivity contribution in [3.8, 4) is 0 Å². The highest BCUT2D eigenvalue weighted by Crippen LogP contribution is 2.32.